The van der Waals surface area contributed by atoms with Crippen molar-refractivity contribution in [3.05, 3.63) is 52.4 Å². The standard InChI is InChI=1S/C22H18ClN3O4S/c23-15-5-3-14(10-17(15)26-7-1-2-20(26)27)21(28)25-22-24-16(12-31-22)13-4-6-18-19(11-13)30-9-8-29-18/h3-6,10-12H,1-2,7-9H2,(H,24,25,28). The van der Waals surface area contributed by atoms with Crippen molar-refractivity contribution in [2.45, 2.75) is 12.8 Å². The van der Waals surface area contributed by atoms with Gasteiger partial charge in [0.25, 0.3) is 5.91 Å². The van der Waals surface area contributed by atoms with Gasteiger partial charge in [0.1, 0.15) is 13.2 Å². The summed E-state index contributed by atoms with van der Waals surface area (Å²) in [5.74, 6) is 1.11. The number of rotatable bonds is 4. The van der Waals surface area contributed by atoms with E-state index in [-0.39, 0.29) is 11.8 Å². The summed E-state index contributed by atoms with van der Waals surface area (Å²) < 4.78 is 11.2. The van der Waals surface area contributed by atoms with Crippen molar-refractivity contribution in [2.75, 3.05) is 30.0 Å². The predicted octanol–water partition coefficient (Wildman–Crippen LogP) is 4.61. The van der Waals surface area contributed by atoms with E-state index in [1.807, 2.05) is 23.6 Å². The minimum Gasteiger partial charge on any atom is -0.486 e. The number of hydrogen-bond acceptors (Lipinski definition) is 6. The lowest BCUT2D eigenvalue weighted by molar-refractivity contribution is -0.117. The molecule has 0 aliphatic carbocycles. The topological polar surface area (TPSA) is 80.8 Å². The fourth-order valence-electron chi connectivity index (χ4n) is 3.60. The molecule has 0 unspecified atom stereocenters. The molecule has 158 valence electrons. The van der Waals surface area contributed by atoms with Gasteiger partial charge >= 0.3 is 0 Å². The van der Waals surface area contributed by atoms with Gasteiger partial charge in [-0.25, -0.2) is 4.98 Å². The molecule has 1 aromatic heterocycles. The number of nitrogens with one attached hydrogen (secondary N) is 1. The van der Waals surface area contributed by atoms with E-state index in [0.29, 0.717) is 59.1 Å². The molecule has 1 fully saturated rings. The van der Waals surface area contributed by atoms with Crippen molar-refractivity contribution in [1.82, 2.24) is 4.98 Å². The summed E-state index contributed by atoms with van der Waals surface area (Å²) in [5.41, 5.74) is 2.59. The molecule has 3 heterocycles. The smallest absolute Gasteiger partial charge is 0.257 e. The number of carbonyl (C=O) groups is 2. The minimum atomic E-state index is -0.312. The van der Waals surface area contributed by atoms with Gasteiger partial charge in [-0.1, -0.05) is 11.6 Å². The van der Waals surface area contributed by atoms with E-state index in [2.05, 4.69) is 10.3 Å². The molecule has 0 atom stereocenters. The second kappa shape index (κ2) is 8.20. The summed E-state index contributed by atoms with van der Waals surface area (Å²) in [5, 5.41) is 5.62. The van der Waals surface area contributed by atoms with E-state index in [4.69, 9.17) is 21.1 Å². The van der Waals surface area contributed by atoms with Crippen molar-refractivity contribution in [1.29, 1.82) is 0 Å². The quantitative estimate of drug-likeness (QED) is 0.621. The van der Waals surface area contributed by atoms with Crippen LogP contribution in [0.1, 0.15) is 23.2 Å². The molecule has 1 saturated heterocycles. The zero-order valence-corrected chi connectivity index (χ0v) is 18.0. The molecule has 5 rings (SSSR count). The summed E-state index contributed by atoms with van der Waals surface area (Å²) >= 11 is 7.61. The Kier molecular flexibility index (Phi) is 5.25. The molecule has 0 saturated carbocycles. The first-order valence-corrected chi connectivity index (χ1v) is 11.1. The van der Waals surface area contributed by atoms with E-state index in [9.17, 15) is 9.59 Å². The average Bonchev–Trinajstić information content (AvgIpc) is 3.42. The van der Waals surface area contributed by atoms with Crippen LogP contribution in [0.25, 0.3) is 11.3 Å². The van der Waals surface area contributed by atoms with Crippen LogP contribution in [0.4, 0.5) is 10.8 Å². The van der Waals surface area contributed by atoms with Crippen LogP contribution in [0.15, 0.2) is 41.8 Å². The van der Waals surface area contributed by atoms with Crippen LogP contribution in [0.2, 0.25) is 5.02 Å². The normalized spacial score (nSPS) is 15.3. The van der Waals surface area contributed by atoms with Crippen LogP contribution in [0.3, 0.4) is 0 Å². The van der Waals surface area contributed by atoms with Crippen molar-refractivity contribution in [3.8, 4) is 22.8 Å². The monoisotopic (exact) mass is 455 g/mol. The van der Waals surface area contributed by atoms with Gasteiger partial charge in [0.2, 0.25) is 5.91 Å². The van der Waals surface area contributed by atoms with Gasteiger partial charge in [0.15, 0.2) is 16.6 Å². The summed E-state index contributed by atoms with van der Waals surface area (Å²) in [7, 11) is 0. The van der Waals surface area contributed by atoms with Crippen molar-refractivity contribution in [3.63, 3.8) is 0 Å². The molecule has 9 heteroatoms. The van der Waals surface area contributed by atoms with Crippen LogP contribution in [-0.2, 0) is 4.79 Å². The average molecular weight is 456 g/mol. The number of amides is 2. The number of carbonyl (C=O) groups excluding carboxylic acids is 2. The van der Waals surface area contributed by atoms with Crippen LogP contribution in [0, 0.1) is 0 Å². The first-order valence-electron chi connectivity index (χ1n) is 9.85. The highest BCUT2D eigenvalue weighted by Crippen LogP contribution is 2.36. The van der Waals surface area contributed by atoms with Crippen molar-refractivity contribution < 1.29 is 19.1 Å². The molecule has 2 aliphatic rings. The maximum atomic E-state index is 12.8. The lowest BCUT2D eigenvalue weighted by Gasteiger charge is -2.18. The maximum Gasteiger partial charge on any atom is 0.257 e. The first-order chi connectivity index (χ1) is 15.1. The van der Waals surface area contributed by atoms with E-state index in [0.717, 1.165) is 17.7 Å². The molecule has 7 nitrogen and oxygen atoms in total. The maximum absolute atomic E-state index is 12.8. The Labute approximate surface area is 187 Å². The molecule has 31 heavy (non-hydrogen) atoms. The number of fused-ring (bicyclic) bond motifs is 1. The van der Waals surface area contributed by atoms with Crippen LogP contribution < -0.4 is 19.7 Å². The van der Waals surface area contributed by atoms with Gasteiger partial charge in [-0.2, -0.15) is 0 Å². The molecule has 2 aromatic carbocycles. The summed E-state index contributed by atoms with van der Waals surface area (Å²) in [6.45, 7) is 1.66. The SMILES string of the molecule is O=C(Nc1nc(-c2ccc3c(c2)OCCO3)cs1)c1ccc(Cl)c(N2CCCC2=O)c1. The lowest BCUT2D eigenvalue weighted by Crippen LogP contribution is -2.24. The van der Waals surface area contributed by atoms with Crippen molar-refractivity contribution in [2.24, 2.45) is 0 Å². The largest absolute Gasteiger partial charge is 0.486 e. The zero-order valence-electron chi connectivity index (χ0n) is 16.4. The van der Waals surface area contributed by atoms with Gasteiger partial charge in [0.05, 0.1) is 16.4 Å². The number of halogens is 1. The Balaban J connectivity index is 1.34. The third-order valence-corrected chi connectivity index (χ3v) is 6.21. The Morgan fingerprint density at radius 1 is 1.13 bits per heavy atom. The Hall–Kier alpha value is -3.10. The summed E-state index contributed by atoms with van der Waals surface area (Å²) in [6.07, 6.45) is 1.28. The second-order valence-electron chi connectivity index (χ2n) is 7.17. The number of nitrogens with zero attached hydrogens (tertiary/aromatic N) is 2. The molecule has 1 N–H and O–H groups in total. The molecule has 2 aliphatic heterocycles. The van der Waals surface area contributed by atoms with Gasteiger partial charge < -0.3 is 14.4 Å². The summed E-state index contributed by atoms with van der Waals surface area (Å²) in [6, 6.07) is 10.6. The fraction of sp³-hybridized carbons (Fsp3) is 0.227. The zero-order chi connectivity index (χ0) is 21.4. The lowest BCUT2D eigenvalue weighted by atomic mass is 10.1. The number of ether oxygens (including phenoxy) is 2. The first kappa shape index (κ1) is 19.8. The van der Waals surface area contributed by atoms with E-state index in [1.165, 1.54) is 11.3 Å². The number of thiazole rings is 1. The molecular formula is C22H18ClN3O4S. The predicted molar refractivity (Wildman–Crippen MR) is 120 cm³/mol. The number of anilines is 2. The molecular weight excluding hydrogens is 438 g/mol. The molecule has 2 amide bonds. The molecule has 0 spiro atoms. The van der Waals surface area contributed by atoms with E-state index >= 15 is 0 Å². The number of aromatic nitrogens is 1. The number of benzene rings is 2. The van der Waals surface area contributed by atoms with Gasteiger partial charge in [-0.05, 0) is 42.8 Å². The molecule has 0 bridgehead atoms. The van der Waals surface area contributed by atoms with Gasteiger partial charge in [-0.3, -0.25) is 14.9 Å². The highest BCUT2D eigenvalue weighted by molar-refractivity contribution is 7.14. The van der Waals surface area contributed by atoms with Crippen LogP contribution in [0.5, 0.6) is 11.5 Å². The Morgan fingerprint density at radius 3 is 2.77 bits per heavy atom. The third kappa shape index (κ3) is 3.96. The van der Waals surface area contributed by atoms with Gasteiger partial charge in [0, 0.05) is 29.5 Å². The minimum absolute atomic E-state index is 0.0171. The second-order valence-corrected chi connectivity index (χ2v) is 8.43. The van der Waals surface area contributed by atoms with Crippen LogP contribution in [-0.4, -0.2) is 36.6 Å². The Bertz CT molecular complexity index is 1180. The summed E-state index contributed by atoms with van der Waals surface area (Å²) in [4.78, 5) is 31.0. The van der Waals surface area contributed by atoms with E-state index < -0.39 is 0 Å². The molecule has 3 aromatic rings. The van der Waals surface area contributed by atoms with Crippen molar-refractivity contribution >= 4 is 45.6 Å². The highest BCUT2D eigenvalue weighted by atomic mass is 35.5. The third-order valence-electron chi connectivity index (χ3n) is 5.14. The van der Waals surface area contributed by atoms with Gasteiger partial charge in [-0.15, -0.1) is 11.3 Å². The Morgan fingerprint density at radius 2 is 1.97 bits per heavy atom. The fourth-order valence-corrected chi connectivity index (χ4v) is 4.53. The highest BCUT2D eigenvalue weighted by Gasteiger charge is 2.24. The van der Waals surface area contributed by atoms with E-state index in [1.54, 1.807) is 23.1 Å². The van der Waals surface area contributed by atoms with Crippen LogP contribution >= 0.6 is 22.9 Å². The molecule has 0 radical (unpaired) electrons. The number of hydrogen-bond donors (Lipinski definition) is 1.